The monoisotopic (exact) mass is 499 g/mol. The van der Waals surface area contributed by atoms with E-state index in [0.29, 0.717) is 35.3 Å². The first-order valence-electron chi connectivity index (χ1n) is 10.3. The summed E-state index contributed by atoms with van der Waals surface area (Å²) in [5.74, 6) is -1.90. The molecule has 1 atom stereocenters. The molecule has 0 aromatic heterocycles. The number of hydrogen-bond acceptors (Lipinski definition) is 5. The van der Waals surface area contributed by atoms with E-state index >= 15 is 0 Å². The number of ketones is 1. The number of hydrogen-bond donors (Lipinski definition) is 1. The molecular formula is C25H16Cl2FNO5. The molecule has 34 heavy (non-hydrogen) atoms. The lowest BCUT2D eigenvalue weighted by Gasteiger charge is -2.26. The van der Waals surface area contributed by atoms with Crippen molar-refractivity contribution in [2.45, 2.75) is 6.04 Å². The SMILES string of the molecule is O=C1C(=O)N(c2ccc(F)c(Cl)c2)C(c2ccc(Cl)cc2)/C1=C(/O)c1ccc2c(c1)OCCO2. The second kappa shape index (κ2) is 8.66. The lowest BCUT2D eigenvalue weighted by Crippen LogP contribution is -2.29. The van der Waals surface area contributed by atoms with E-state index in [1.165, 1.54) is 17.0 Å². The Bertz CT molecular complexity index is 1360. The van der Waals surface area contributed by atoms with Gasteiger partial charge in [0.15, 0.2) is 11.5 Å². The number of ether oxygens (including phenoxy) is 2. The van der Waals surface area contributed by atoms with Gasteiger partial charge in [-0.25, -0.2) is 4.39 Å². The van der Waals surface area contributed by atoms with E-state index < -0.39 is 23.5 Å². The fraction of sp³-hybridized carbons (Fsp3) is 0.120. The van der Waals surface area contributed by atoms with Gasteiger partial charge in [0.2, 0.25) is 0 Å². The number of rotatable bonds is 3. The molecule has 6 nitrogen and oxygen atoms in total. The average Bonchev–Trinajstić information content (AvgIpc) is 3.11. The zero-order valence-electron chi connectivity index (χ0n) is 17.4. The Kier molecular flexibility index (Phi) is 5.67. The van der Waals surface area contributed by atoms with E-state index in [1.807, 2.05) is 0 Å². The maximum atomic E-state index is 13.8. The van der Waals surface area contributed by atoms with E-state index in [-0.39, 0.29) is 27.6 Å². The quantitative estimate of drug-likeness (QED) is 0.291. The van der Waals surface area contributed by atoms with Crippen LogP contribution >= 0.6 is 23.2 Å². The van der Waals surface area contributed by atoms with Crippen molar-refractivity contribution in [2.24, 2.45) is 0 Å². The molecule has 3 aromatic rings. The van der Waals surface area contributed by atoms with Crippen LogP contribution in [0.5, 0.6) is 11.5 Å². The first kappa shape index (κ1) is 22.3. The molecule has 0 radical (unpaired) electrons. The number of carbonyl (C=O) groups is 2. The molecule has 1 amide bonds. The smallest absolute Gasteiger partial charge is 0.300 e. The second-order valence-electron chi connectivity index (χ2n) is 7.68. The first-order valence-corrected chi connectivity index (χ1v) is 11.0. The predicted octanol–water partition coefficient (Wildman–Crippen LogP) is 5.53. The van der Waals surface area contributed by atoms with Crippen LogP contribution in [0.25, 0.3) is 5.76 Å². The molecule has 0 aliphatic carbocycles. The summed E-state index contributed by atoms with van der Waals surface area (Å²) in [6, 6.07) is 14.0. The highest BCUT2D eigenvalue weighted by molar-refractivity contribution is 6.51. The predicted molar refractivity (Wildman–Crippen MR) is 125 cm³/mol. The lowest BCUT2D eigenvalue weighted by atomic mass is 9.95. The summed E-state index contributed by atoms with van der Waals surface area (Å²) < 4.78 is 24.9. The number of fused-ring (bicyclic) bond motifs is 1. The minimum Gasteiger partial charge on any atom is -0.507 e. The molecule has 2 aliphatic rings. The standard InChI is InChI=1S/C25H16Cl2FNO5/c26-15-4-1-13(2-5-15)22-21(23(30)14-3-8-19-20(11-14)34-10-9-33-19)24(31)25(32)29(22)16-6-7-18(28)17(27)12-16/h1-8,11-12,22,30H,9-10H2/b23-21-. The maximum absolute atomic E-state index is 13.8. The summed E-state index contributed by atoms with van der Waals surface area (Å²) in [4.78, 5) is 27.5. The van der Waals surface area contributed by atoms with E-state index in [4.69, 9.17) is 32.7 Å². The number of nitrogens with zero attached hydrogens (tertiary/aromatic N) is 1. The van der Waals surface area contributed by atoms with Crippen LogP contribution in [0.1, 0.15) is 17.2 Å². The van der Waals surface area contributed by atoms with Crippen LogP contribution in [0, 0.1) is 5.82 Å². The number of halogens is 3. The number of aliphatic hydroxyl groups is 1. The summed E-state index contributed by atoms with van der Waals surface area (Å²) in [6.07, 6.45) is 0. The highest BCUT2D eigenvalue weighted by Gasteiger charge is 2.47. The molecule has 3 aromatic carbocycles. The number of Topliss-reactive ketones (excluding diaryl/α,β-unsaturated/α-hetero) is 1. The Morgan fingerprint density at radius 1 is 0.941 bits per heavy atom. The minimum atomic E-state index is -1.01. The summed E-state index contributed by atoms with van der Waals surface area (Å²) in [5.41, 5.74) is 0.862. The highest BCUT2D eigenvalue weighted by Crippen LogP contribution is 2.44. The number of benzene rings is 3. The fourth-order valence-electron chi connectivity index (χ4n) is 4.04. The largest absolute Gasteiger partial charge is 0.507 e. The maximum Gasteiger partial charge on any atom is 0.300 e. The van der Waals surface area contributed by atoms with Gasteiger partial charge in [0, 0.05) is 16.3 Å². The Morgan fingerprint density at radius 2 is 1.65 bits per heavy atom. The minimum absolute atomic E-state index is 0.135. The molecule has 0 bridgehead atoms. The van der Waals surface area contributed by atoms with Crippen LogP contribution in [0.4, 0.5) is 10.1 Å². The van der Waals surface area contributed by atoms with E-state index in [0.717, 1.165) is 6.07 Å². The Morgan fingerprint density at radius 3 is 2.35 bits per heavy atom. The van der Waals surface area contributed by atoms with Crippen LogP contribution < -0.4 is 14.4 Å². The summed E-state index contributed by atoms with van der Waals surface area (Å²) in [6.45, 7) is 0.748. The van der Waals surface area contributed by atoms with Crippen LogP contribution in [0.2, 0.25) is 10.0 Å². The summed E-state index contributed by atoms with van der Waals surface area (Å²) in [5, 5.41) is 11.5. The van der Waals surface area contributed by atoms with Crippen molar-refractivity contribution in [1.29, 1.82) is 0 Å². The van der Waals surface area contributed by atoms with Crippen molar-refractivity contribution in [2.75, 3.05) is 18.1 Å². The lowest BCUT2D eigenvalue weighted by molar-refractivity contribution is -0.132. The van der Waals surface area contributed by atoms with Crippen molar-refractivity contribution >= 4 is 46.3 Å². The van der Waals surface area contributed by atoms with Gasteiger partial charge in [-0.1, -0.05) is 35.3 Å². The zero-order chi connectivity index (χ0) is 24.0. The van der Waals surface area contributed by atoms with E-state index in [1.54, 1.807) is 42.5 Å². The van der Waals surface area contributed by atoms with Gasteiger partial charge in [-0.05, 0) is 54.1 Å². The third kappa shape index (κ3) is 3.77. The Hall–Kier alpha value is -3.55. The highest BCUT2D eigenvalue weighted by atomic mass is 35.5. The molecule has 0 saturated carbocycles. The average molecular weight is 500 g/mol. The van der Waals surface area contributed by atoms with Gasteiger partial charge in [0.05, 0.1) is 16.6 Å². The number of amides is 1. The molecule has 2 heterocycles. The first-order chi connectivity index (χ1) is 16.3. The number of anilines is 1. The van der Waals surface area contributed by atoms with Crippen molar-refractivity contribution < 1.29 is 28.6 Å². The van der Waals surface area contributed by atoms with Crippen molar-refractivity contribution in [3.8, 4) is 11.5 Å². The van der Waals surface area contributed by atoms with Crippen molar-refractivity contribution in [3.05, 3.63) is 93.2 Å². The van der Waals surface area contributed by atoms with Gasteiger partial charge >= 0.3 is 0 Å². The van der Waals surface area contributed by atoms with Crippen molar-refractivity contribution in [1.82, 2.24) is 0 Å². The van der Waals surface area contributed by atoms with Gasteiger partial charge in [-0.2, -0.15) is 0 Å². The number of carbonyl (C=O) groups excluding carboxylic acids is 2. The Balaban J connectivity index is 1.70. The molecule has 1 fully saturated rings. The van der Waals surface area contributed by atoms with Gasteiger partial charge in [-0.15, -0.1) is 0 Å². The second-order valence-corrected chi connectivity index (χ2v) is 8.52. The van der Waals surface area contributed by atoms with Crippen LogP contribution in [0.15, 0.2) is 66.2 Å². The third-order valence-electron chi connectivity index (χ3n) is 5.63. The van der Waals surface area contributed by atoms with Gasteiger partial charge in [0.25, 0.3) is 11.7 Å². The molecule has 2 aliphatic heterocycles. The molecule has 1 saturated heterocycles. The summed E-state index contributed by atoms with van der Waals surface area (Å²) in [7, 11) is 0. The molecule has 0 spiro atoms. The zero-order valence-corrected chi connectivity index (χ0v) is 18.9. The molecule has 1 N–H and O–H groups in total. The summed E-state index contributed by atoms with van der Waals surface area (Å²) >= 11 is 12.0. The van der Waals surface area contributed by atoms with Gasteiger partial charge in [-0.3, -0.25) is 14.5 Å². The van der Waals surface area contributed by atoms with E-state index in [9.17, 15) is 19.1 Å². The van der Waals surface area contributed by atoms with Crippen LogP contribution in [0.3, 0.4) is 0 Å². The Labute approximate surface area is 203 Å². The third-order valence-corrected chi connectivity index (χ3v) is 6.17. The number of aliphatic hydroxyl groups excluding tert-OH is 1. The molecular weight excluding hydrogens is 484 g/mol. The topological polar surface area (TPSA) is 76.1 Å². The van der Waals surface area contributed by atoms with Crippen LogP contribution in [-0.4, -0.2) is 30.0 Å². The van der Waals surface area contributed by atoms with Crippen LogP contribution in [-0.2, 0) is 9.59 Å². The normalized spacial score (nSPS) is 18.9. The molecule has 5 rings (SSSR count). The van der Waals surface area contributed by atoms with E-state index in [2.05, 4.69) is 0 Å². The molecule has 172 valence electrons. The molecule has 9 heteroatoms. The van der Waals surface area contributed by atoms with Gasteiger partial charge in [0.1, 0.15) is 24.8 Å². The molecule has 1 unspecified atom stereocenters. The van der Waals surface area contributed by atoms with Gasteiger partial charge < -0.3 is 14.6 Å². The fourth-order valence-corrected chi connectivity index (χ4v) is 4.34. The van der Waals surface area contributed by atoms with Crippen molar-refractivity contribution in [3.63, 3.8) is 0 Å².